The Balaban J connectivity index is 1.38. The highest BCUT2D eigenvalue weighted by molar-refractivity contribution is 5.78. The molecule has 2 fully saturated rings. The molecule has 5 rings (SSSR count). The quantitative estimate of drug-likeness (QED) is 0.469. The Kier molecular flexibility index (Phi) is 5.83. The number of likely N-dealkylation sites (tertiary alicyclic amines) is 1. The van der Waals surface area contributed by atoms with Gasteiger partial charge in [-0.05, 0) is 75.3 Å². The lowest BCUT2D eigenvalue weighted by atomic mass is 9.92. The molecule has 1 amide bonds. The first-order valence-corrected chi connectivity index (χ1v) is 11.9. The molecule has 0 radical (unpaired) electrons. The van der Waals surface area contributed by atoms with E-state index in [1.165, 1.54) is 10.6 Å². The molecule has 3 heterocycles. The van der Waals surface area contributed by atoms with Crippen LogP contribution in [0.5, 0.6) is 0 Å². The number of carbonyl (C=O) groups is 1. The first-order chi connectivity index (χ1) is 16.9. The van der Waals surface area contributed by atoms with Gasteiger partial charge < -0.3 is 15.0 Å². The number of aromatic nitrogens is 3. The molecule has 192 valence electrons. The number of fused-ring (bicyclic) bond motifs is 3. The van der Waals surface area contributed by atoms with Gasteiger partial charge in [0.05, 0.1) is 5.56 Å². The number of halogens is 4. The second-order valence-corrected chi connectivity index (χ2v) is 10.5. The number of nitrogens with zero attached hydrogens (tertiary/aromatic N) is 4. The highest BCUT2D eigenvalue weighted by atomic mass is 19.4. The summed E-state index contributed by atoms with van der Waals surface area (Å²) in [5, 5.41) is 7.88. The van der Waals surface area contributed by atoms with Crippen LogP contribution < -0.4 is 5.32 Å². The predicted octanol–water partition coefficient (Wildman–Crippen LogP) is 5.61. The van der Waals surface area contributed by atoms with Gasteiger partial charge in [-0.1, -0.05) is 6.07 Å². The minimum atomic E-state index is -4.81. The van der Waals surface area contributed by atoms with Gasteiger partial charge in [-0.2, -0.15) is 18.2 Å². The van der Waals surface area contributed by atoms with Gasteiger partial charge in [-0.25, -0.2) is 13.7 Å². The van der Waals surface area contributed by atoms with E-state index < -0.39 is 23.2 Å². The third-order valence-electron chi connectivity index (χ3n) is 6.73. The first kappa shape index (κ1) is 24.3. The molecule has 1 aromatic carbocycles. The van der Waals surface area contributed by atoms with Crippen LogP contribution in [0.15, 0.2) is 36.5 Å². The molecule has 0 spiro atoms. The Morgan fingerprint density at radius 3 is 2.44 bits per heavy atom. The molecule has 1 saturated heterocycles. The van der Waals surface area contributed by atoms with Crippen LogP contribution in [0.25, 0.3) is 16.8 Å². The second kappa shape index (κ2) is 8.63. The summed E-state index contributed by atoms with van der Waals surface area (Å²) in [6, 6.07) is 6.25. The fourth-order valence-corrected chi connectivity index (χ4v) is 5.19. The summed E-state index contributed by atoms with van der Waals surface area (Å²) in [5.41, 5.74) is -0.925. The van der Waals surface area contributed by atoms with Crippen molar-refractivity contribution in [2.75, 3.05) is 18.4 Å². The number of hydrogen-bond donors (Lipinski definition) is 1. The number of benzene rings is 1. The Morgan fingerprint density at radius 2 is 1.81 bits per heavy atom. The molecule has 1 saturated carbocycles. The van der Waals surface area contributed by atoms with E-state index in [2.05, 4.69) is 15.4 Å². The molecule has 1 aliphatic carbocycles. The van der Waals surface area contributed by atoms with Crippen molar-refractivity contribution in [2.24, 2.45) is 11.8 Å². The molecule has 7 nitrogen and oxygen atoms in total. The van der Waals surface area contributed by atoms with Crippen molar-refractivity contribution in [1.29, 1.82) is 0 Å². The fraction of sp³-hybridized carbons (Fsp3) is 0.480. The smallest absolute Gasteiger partial charge is 0.419 e. The summed E-state index contributed by atoms with van der Waals surface area (Å²) >= 11 is 0. The SMILES string of the molecule is CC(C)(C)OC(=O)N1CC2CC[C@@H](C1)[C@@H]2Nc1nc2c(-c3ccc(F)c(C(F)(F)F)c3)cccn2n1. The van der Waals surface area contributed by atoms with E-state index in [1.807, 2.05) is 20.8 Å². The molecule has 3 aromatic rings. The maximum atomic E-state index is 13.8. The monoisotopic (exact) mass is 505 g/mol. The summed E-state index contributed by atoms with van der Waals surface area (Å²) < 4.78 is 60.6. The Bertz CT molecular complexity index is 1290. The highest BCUT2D eigenvalue weighted by Crippen LogP contribution is 2.39. The van der Waals surface area contributed by atoms with Gasteiger partial charge in [0.1, 0.15) is 11.4 Å². The number of rotatable bonds is 3. The fourth-order valence-electron chi connectivity index (χ4n) is 5.19. The lowest BCUT2D eigenvalue weighted by molar-refractivity contribution is -0.139. The van der Waals surface area contributed by atoms with Crippen molar-refractivity contribution in [2.45, 2.75) is 51.4 Å². The summed E-state index contributed by atoms with van der Waals surface area (Å²) in [6.07, 6.45) is -1.55. The van der Waals surface area contributed by atoms with E-state index in [4.69, 9.17) is 4.74 Å². The van der Waals surface area contributed by atoms with Gasteiger partial charge >= 0.3 is 12.3 Å². The number of alkyl halides is 3. The summed E-state index contributed by atoms with van der Waals surface area (Å²) in [5.74, 6) is -0.564. The predicted molar refractivity (Wildman–Crippen MR) is 125 cm³/mol. The minimum absolute atomic E-state index is 0.0622. The highest BCUT2D eigenvalue weighted by Gasteiger charge is 2.44. The number of carbonyl (C=O) groups excluding carboxylic acids is 1. The minimum Gasteiger partial charge on any atom is -0.444 e. The van der Waals surface area contributed by atoms with Gasteiger partial charge in [0.15, 0.2) is 5.65 Å². The molecule has 3 atom stereocenters. The van der Waals surface area contributed by atoms with Gasteiger partial charge in [0.25, 0.3) is 0 Å². The molecule has 1 unspecified atom stereocenters. The van der Waals surface area contributed by atoms with Gasteiger partial charge in [-0.15, -0.1) is 5.10 Å². The zero-order valence-electron chi connectivity index (χ0n) is 20.1. The lowest BCUT2D eigenvalue weighted by Gasteiger charge is -2.38. The topological polar surface area (TPSA) is 71.8 Å². The molecule has 11 heteroatoms. The van der Waals surface area contributed by atoms with Crippen LogP contribution >= 0.6 is 0 Å². The summed E-state index contributed by atoms with van der Waals surface area (Å²) in [6.45, 7) is 6.65. The maximum absolute atomic E-state index is 13.8. The Labute approximate surface area is 205 Å². The molecule has 2 aromatic heterocycles. The molecule has 2 bridgehead atoms. The van der Waals surface area contributed by atoms with E-state index >= 15 is 0 Å². The zero-order chi connectivity index (χ0) is 25.8. The van der Waals surface area contributed by atoms with Crippen LogP contribution in [0.4, 0.5) is 28.3 Å². The van der Waals surface area contributed by atoms with Crippen LogP contribution in [-0.4, -0.2) is 50.3 Å². The molecule has 1 aliphatic heterocycles. The van der Waals surface area contributed by atoms with E-state index in [-0.39, 0.29) is 29.5 Å². The number of nitrogens with one attached hydrogen (secondary N) is 1. The average Bonchev–Trinajstić information content (AvgIpc) is 3.28. The van der Waals surface area contributed by atoms with Crippen LogP contribution in [0.2, 0.25) is 0 Å². The average molecular weight is 506 g/mol. The number of hydrogen-bond acceptors (Lipinski definition) is 5. The van der Waals surface area contributed by atoms with Crippen LogP contribution in [-0.2, 0) is 10.9 Å². The number of anilines is 1. The zero-order valence-corrected chi connectivity index (χ0v) is 20.1. The number of pyridine rings is 1. The molecule has 36 heavy (non-hydrogen) atoms. The molecule has 2 aliphatic rings. The van der Waals surface area contributed by atoms with E-state index in [0.717, 1.165) is 25.0 Å². The normalized spacial score (nSPS) is 22.2. The van der Waals surface area contributed by atoms with Crippen LogP contribution in [0.3, 0.4) is 0 Å². The van der Waals surface area contributed by atoms with Crippen molar-refractivity contribution in [1.82, 2.24) is 19.5 Å². The first-order valence-electron chi connectivity index (χ1n) is 11.9. The third kappa shape index (κ3) is 4.70. The van der Waals surface area contributed by atoms with Crippen molar-refractivity contribution in [3.8, 4) is 11.1 Å². The van der Waals surface area contributed by atoms with Gasteiger partial charge in [0.2, 0.25) is 5.95 Å². The van der Waals surface area contributed by atoms with Gasteiger partial charge in [-0.3, -0.25) is 0 Å². The standard InChI is InChI=1S/C25H27F4N5O2/c1-24(2,3)36-23(35)33-12-15-6-7-16(13-33)20(15)30-22-31-21-17(5-4-10-34(21)32-22)14-8-9-19(26)18(11-14)25(27,28)29/h4-5,8-11,15-16,20H,6-7,12-13H2,1-3H3,(H,30,32)/t15-,16?,20-/m0/s1. The van der Waals surface area contributed by atoms with Crippen molar-refractivity contribution in [3.05, 3.63) is 47.9 Å². The molecular weight excluding hydrogens is 478 g/mol. The van der Waals surface area contributed by atoms with Gasteiger partial charge in [0, 0.05) is 30.9 Å². The van der Waals surface area contributed by atoms with Crippen molar-refractivity contribution >= 4 is 17.7 Å². The molecule has 1 N–H and O–H groups in total. The molecular formula is C25H27F4N5O2. The second-order valence-electron chi connectivity index (χ2n) is 10.5. The van der Waals surface area contributed by atoms with Crippen molar-refractivity contribution < 1.29 is 27.1 Å². The number of amides is 1. The lowest BCUT2D eigenvalue weighted by Crippen LogP contribution is -2.51. The Hall–Kier alpha value is -3.37. The van der Waals surface area contributed by atoms with E-state index in [9.17, 15) is 22.4 Å². The number of piperidine rings is 1. The summed E-state index contributed by atoms with van der Waals surface area (Å²) in [7, 11) is 0. The Morgan fingerprint density at radius 1 is 1.11 bits per heavy atom. The third-order valence-corrected chi connectivity index (χ3v) is 6.73. The maximum Gasteiger partial charge on any atom is 0.419 e. The van der Waals surface area contributed by atoms with Crippen LogP contribution in [0.1, 0.15) is 39.2 Å². The summed E-state index contributed by atoms with van der Waals surface area (Å²) in [4.78, 5) is 18.9. The van der Waals surface area contributed by atoms with E-state index in [1.54, 1.807) is 23.2 Å². The largest absolute Gasteiger partial charge is 0.444 e. The van der Waals surface area contributed by atoms with E-state index in [0.29, 0.717) is 30.2 Å². The van der Waals surface area contributed by atoms with Crippen LogP contribution in [0, 0.1) is 17.7 Å². The van der Waals surface area contributed by atoms with Crippen molar-refractivity contribution in [3.63, 3.8) is 0 Å². The number of ether oxygens (including phenoxy) is 1.